The van der Waals surface area contributed by atoms with E-state index in [-0.39, 0.29) is 38.6 Å². The molecule has 0 saturated carbocycles. The normalized spacial score (nSPS) is 11.3. The van der Waals surface area contributed by atoms with Gasteiger partial charge in [0.2, 0.25) is 5.82 Å². The highest BCUT2D eigenvalue weighted by molar-refractivity contribution is 7.18. The average molecular weight is 452 g/mol. The van der Waals surface area contributed by atoms with Crippen LogP contribution in [0.4, 0.5) is 18.2 Å². The van der Waals surface area contributed by atoms with Gasteiger partial charge < -0.3 is 19.8 Å². The minimum Gasteiger partial charge on any atom is -0.462 e. The van der Waals surface area contributed by atoms with Crippen molar-refractivity contribution in [2.75, 3.05) is 12.3 Å². The van der Waals surface area contributed by atoms with E-state index in [0.717, 1.165) is 11.3 Å². The molecule has 8 nitrogen and oxygen atoms in total. The number of imidazole rings is 1. The Morgan fingerprint density at radius 3 is 2.65 bits per heavy atom. The standard InChI is InChI=1S/C19H15F3N4O4S/c1-2-29-17(28)15-11(10(7-23)16(24)31-15)9-30-14(27)8-26-13-6-4-3-5-12(13)25-18(26)19(20,21)22/h3-6H,2,8-9,24H2,1H3. The number of fused-ring (bicyclic) bond motifs is 1. The van der Waals surface area contributed by atoms with Crippen LogP contribution in [0.3, 0.4) is 0 Å². The molecule has 0 aliphatic carbocycles. The van der Waals surface area contributed by atoms with Gasteiger partial charge in [0.25, 0.3) is 0 Å². The van der Waals surface area contributed by atoms with Crippen LogP contribution in [0.15, 0.2) is 24.3 Å². The Bertz CT molecular complexity index is 1190. The summed E-state index contributed by atoms with van der Waals surface area (Å²) in [5.41, 5.74) is 5.92. The number of hydrogen-bond acceptors (Lipinski definition) is 8. The number of nitrogen functional groups attached to an aromatic ring is 1. The molecule has 2 N–H and O–H groups in total. The van der Waals surface area contributed by atoms with E-state index in [1.165, 1.54) is 24.3 Å². The van der Waals surface area contributed by atoms with Gasteiger partial charge >= 0.3 is 18.1 Å². The summed E-state index contributed by atoms with van der Waals surface area (Å²) >= 11 is 0.804. The van der Waals surface area contributed by atoms with Gasteiger partial charge in [-0.05, 0) is 19.1 Å². The molecule has 0 spiro atoms. The minimum absolute atomic E-state index is 0.00670. The second kappa shape index (κ2) is 8.65. The zero-order chi connectivity index (χ0) is 22.8. The molecular formula is C19H15F3N4O4S. The van der Waals surface area contributed by atoms with E-state index in [1.807, 2.05) is 6.07 Å². The van der Waals surface area contributed by atoms with Crippen LogP contribution < -0.4 is 5.73 Å². The van der Waals surface area contributed by atoms with Gasteiger partial charge in [0, 0.05) is 5.56 Å². The number of nitrogens with two attached hydrogens (primary N) is 1. The van der Waals surface area contributed by atoms with Crippen molar-refractivity contribution in [3.8, 4) is 6.07 Å². The Morgan fingerprint density at radius 2 is 2.00 bits per heavy atom. The second-order valence-corrected chi connectivity index (χ2v) is 7.20. The largest absolute Gasteiger partial charge is 0.462 e. The van der Waals surface area contributed by atoms with Crippen LogP contribution in [-0.4, -0.2) is 28.1 Å². The van der Waals surface area contributed by atoms with Gasteiger partial charge in [-0.1, -0.05) is 12.1 Å². The van der Waals surface area contributed by atoms with Crippen molar-refractivity contribution in [3.63, 3.8) is 0 Å². The van der Waals surface area contributed by atoms with Gasteiger partial charge in [0.1, 0.15) is 29.1 Å². The number of halogens is 3. The number of esters is 2. The van der Waals surface area contributed by atoms with Gasteiger partial charge in [0.05, 0.1) is 23.2 Å². The molecule has 162 valence electrons. The van der Waals surface area contributed by atoms with Crippen molar-refractivity contribution < 1.29 is 32.2 Å². The van der Waals surface area contributed by atoms with Crippen LogP contribution in [0.25, 0.3) is 11.0 Å². The van der Waals surface area contributed by atoms with E-state index < -0.39 is 37.1 Å². The quantitative estimate of drug-likeness (QED) is 0.569. The van der Waals surface area contributed by atoms with Gasteiger partial charge in [-0.15, -0.1) is 11.3 Å². The summed E-state index contributed by atoms with van der Waals surface area (Å²) in [7, 11) is 0. The van der Waals surface area contributed by atoms with Gasteiger partial charge in [0.15, 0.2) is 0 Å². The number of ether oxygens (including phenoxy) is 2. The molecule has 12 heteroatoms. The smallest absolute Gasteiger partial charge is 0.449 e. The number of thiophene rings is 1. The fourth-order valence-corrected chi connectivity index (χ4v) is 3.80. The van der Waals surface area contributed by atoms with Crippen molar-refractivity contribution in [2.24, 2.45) is 0 Å². The molecule has 0 bridgehead atoms. The molecule has 31 heavy (non-hydrogen) atoms. The second-order valence-electron chi connectivity index (χ2n) is 6.15. The average Bonchev–Trinajstić information content (AvgIpc) is 3.24. The molecule has 0 amide bonds. The summed E-state index contributed by atoms with van der Waals surface area (Å²) in [4.78, 5) is 28.0. The van der Waals surface area contributed by atoms with Crippen LogP contribution >= 0.6 is 11.3 Å². The Labute approximate surface area is 177 Å². The van der Waals surface area contributed by atoms with Gasteiger partial charge in [-0.3, -0.25) is 4.79 Å². The third kappa shape index (κ3) is 4.46. The molecule has 3 aromatic rings. The number of para-hydroxylation sites is 2. The molecule has 0 atom stereocenters. The predicted octanol–water partition coefficient (Wildman–Crippen LogP) is 3.49. The monoisotopic (exact) mass is 452 g/mol. The number of alkyl halides is 3. The third-order valence-corrected chi connectivity index (χ3v) is 5.22. The summed E-state index contributed by atoms with van der Waals surface area (Å²) in [5, 5.41) is 9.33. The molecule has 0 unspecified atom stereocenters. The zero-order valence-electron chi connectivity index (χ0n) is 16.0. The fourth-order valence-electron chi connectivity index (χ4n) is 2.89. The molecule has 0 aliphatic rings. The van der Waals surface area contributed by atoms with E-state index in [2.05, 4.69) is 4.98 Å². The van der Waals surface area contributed by atoms with Gasteiger partial charge in [-0.25, -0.2) is 9.78 Å². The van der Waals surface area contributed by atoms with E-state index in [0.29, 0.717) is 4.57 Å². The highest BCUT2D eigenvalue weighted by Crippen LogP contribution is 2.33. The maximum atomic E-state index is 13.4. The van der Waals surface area contributed by atoms with Gasteiger partial charge in [-0.2, -0.15) is 18.4 Å². The SMILES string of the molecule is CCOC(=O)c1sc(N)c(C#N)c1COC(=O)Cn1c(C(F)(F)F)nc2ccccc21. The number of anilines is 1. The first-order valence-corrected chi connectivity index (χ1v) is 9.65. The number of nitriles is 1. The minimum atomic E-state index is -4.79. The van der Waals surface area contributed by atoms with E-state index in [4.69, 9.17) is 15.2 Å². The third-order valence-electron chi connectivity index (χ3n) is 4.18. The summed E-state index contributed by atoms with van der Waals surface area (Å²) in [6, 6.07) is 7.67. The number of rotatable bonds is 6. The van der Waals surface area contributed by atoms with Crippen molar-refractivity contribution in [3.05, 3.63) is 46.1 Å². The maximum absolute atomic E-state index is 13.4. The number of nitrogens with zero attached hydrogens (tertiary/aromatic N) is 3. The van der Waals surface area contributed by atoms with Crippen LogP contribution in [-0.2, 0) is 33.6 Å². The predicted molar refractivity (Wildman–Crippen MR) is 104 cm³/mol. The zero-order valence-corrected chi connectivity index (χ0v) is 16.8. The lowest BCUT2D eigenvalue weighted by molar-refractivity contribution is -0.151. The van der Waals surface area contributed by atoms with E-state index in [9.17, 15) is 28.0 Å². The number of aromatic nitrogens is 2. The molecule has 2 heterocycles. The molecule has 2 aromatic heterocycles. The van der Waals surface area contributed by atoms with E-state index >= 15 is 0 Å². The Balaban J connectivity index is 1.86. The first kappa shape index (κ1) is 22.1. The van der Waals surface area contributed by atoms with Crippen molar-refractivity contribution in [1.82, 2.24) is 9.55 Å². The van der Waals surface area contributed by atoms with Crippen LogP contribution in [0.2, 0.25) is 0 Å². The fraction of sp³-hybridized carbons (Fsp3) is 0.263. The summed E-state index contributed by atoms with van der Waals surface area (Å²) in [6.45, 7) is 0.363. The lowest BCUT2D eigenvalue weighted by Crippen LogP contribution is -2.20. The Morgan fingerprint density at radius 1 is 1.29 bits per heavy atom. The molecule has 0 fully saturated rings. The van der Waals surface area contributed by atoms with Crippen LogP contribution in [0.1, 0.15) is 33.5 Å². The maximum Gasteiger partial charge on any atom is 0.449 e. The highest BCUT2D eigenvalue weighted by Gasteiger charge is 2.38. The number of carbonyl (C=O) groups is 2. The topological polar surface area (TPSA) is 120 Å². The molecular weight excluding hydrogens is 437 g/mol. The summed E-state index contributed by atoms with van der Waals surface area (Å²) < 4.78 is 50.8. The molecule has 0 saturated heterocycles. The summed E-state index contributed by atoms with van der Waals surface area (Å²) in [5.74, 6) is -3.00. The van der Waals surface area contributed by atoms with Crippen molar-refractivity contribution >= 4 is 39.3 Å². The molecule has 0 aliphatic heterocycles. The number of hydrogen-bond donors (Lipinski definition) is 1. The lowest BCUT2D eigenvalue weighted by atomic mass is 10.1. The number of carbonyl (C=O) groups excluding carboxylic acids is 2. The van der Waals surface area contributed by atoms with Crippen molar-refractivity contribution in [1.29, 1.82) is 5.26 Å². The number of benzene rings is 1. The summed E-state index contributed by atoms with van der Waals surface area (Å²) in [6.07, 6.45) is -4.79. The Hall–Kier alpha value is -3.59. The van der Waals surface area contributed by atoms with Crippen LogP contribution in [0, 0.1) is 11.3 Å². The first-order chi connectivity index (χ1) is 14.7. The molecule has 3 rings (SSSR count). The first-order valence-electron chi connectivity index (χ1n) is 8.83. The molecule has 1 aromatic carbocycles. The Kier molecular flexibility index (Phi) is 6.16. The highest BCUT2D eigenvalue weighted by atomic mass is 32.1. The van der Waals surface area contributed by atoms with Crippen LogP contribution in [0.5, 0.6) is 0 Å². The van der Waals surface area contributed by atoms with E-state index in [1.54, 1.807) is 6.92 Å². The lowest BCUT2D eigenvalue weighted by Gasteiger charge is -2.11. The van der Waals surface area contributed by atoms with Crippen molar-refractivity contribution in [2.45, 2.75) is 26.3 Å². The molecule has 0 radical (unpaired) electrons.